The predicted octanol–water partition coefficient (Wildman–Crippen LogP) is 2.28. The standard InChI is InChI=1S/C14H21FN2O2/c1-17-6-4-3-5-10(17)9-19-13-8-14(18-2)12(16)7-11(13)15/h7-8,10H,3-6,9,16H2,1-2H3. The molecule has 0 amide bonds. The molecule has 1 aromatic rings. The lowest BCUT2D eigenvalue weighted by Crippen LogP contribution is -2.40. The molecule has 1 atom stereocenters. The van der Waals surface area contributed by atoms with Crippen LogP contribution in [0, 0.1) is 5.82 Å². The summed E-state index contributed by atoms with van der Waals surface area (Å²) in [7, 11) is 3.58. The molecule has 19 heavy (non-hydrogen) atoms. The molecule has 106 valence electrons. The van der Waals surface area contributed by atoms with Crippen LogP contribution in [0.15, 0.2) is 12.1 Å². The monoisotopic (exact) mass is 268 g/mol. The van der Waals surface area contributed by atoms with Gasteiger partial charge >= 0.3 is 0 Å². The average Bonchev–Trinajstić information content (AvgIpc) is 2.39. The number of nitrogens with two attached hydrogens (primary N) is 1. The van der Waals surface area contributed by atoms with Crippen LogP contribution in [0.3, 0.4) is 0 Å². The van der Waals surface area contributed by atoms with Crippen molar-refractivity contribution >= 4 is 5.69 Å². The van der Waals surface area contributed by atoms with Crippen LogP contribution in [0.4, 0.5) is 10.1 Å². The van der Waals surface area contributed by atoms with E-state index in [9.17, 15) is 4.39 Å². The molecule has 0 spiro atoms. The van der Waals surface area contributed by atoms with Gasteiger partial charge in [-0.3, -0.25) is 0 Å². The number of halogens is 1. The molecule has 0 radical (unpaired) electrons. The molecular formula is C14H21FN2O2. The van der Waals surface area contributed by atoms with Gasteiger partial charge in [-0.1, -0.05) is 6.42 Å². The summed E-state index contributed by atoms with van der Waals surface area (Å²) in [5.41, 5.74) is 5.91. The van der Waals surface area contributed by atoms with Crippen LogP contribution < -0.4 is 15.2 Å². The highest BCUT2D eigenvalue weighted by atomic mass is 19.1. The number of piperidine rings is 1. The van der Waals surface area contributed by atoms with Crippen molar-refractivity contribution in [2.45, 2.75) is 25.3 Å². The van der Waals surface area contributed by atoms with Gasteiger partial charge in [0.15, 0.2) is 11.6 Å². The molecule has 1 aliphatic rings. The van der Waals surface area contributed by atoms with Gasteiger partial charge in [0.25, 0.3) is 0 Å². The zero-order valence-corrected chi connectivity index (χ0v) is 11.5. The van der Waals surface area contributed by atoms with Gasteiger partial charge in [0, 0.05) is 18.2 Å². The van der Waals surface area contributed by atoms with Crippen LogP contribution in [-0.4, -0.2) is 38.3 Å². The van der Waals surface area contributed by atoms with Crippen molar-refractivity contribution in [2.75, 3.05) is 33.0 Å². The minimum absolute atomic E-state index is 0.199. The van der Waals surface area contributed by atoms with E-state index in [1.807, 2.05) is 0 Å². The minimum atomic E-state index is -0.447. The van der Waals surface area contributed by atoms with E-state index >= 15 is 0 Å². The Morgan fingerprint density at radius 3 is 2.84 bits per heavy atom. The minimum Gasteiger partial charge on any atom is -0.494 e. The second-order valence-electron chi connectivity index (χ2n) is 4.97. The Morgan fingerprint density at radius 1 is 1.37 bits per heavy atom. The zero-order chi connectivity index (χ0) is 13.8. The molecule has 1 saturated heterocycles. The number of anilines is 1. The lowest BCUT2D eigenvalue weighted by atomic mass is 10.0. The molecule has 2 N–H and O–H groups in total. The Morgan fingerprint density at radius 2 is 2.16 bits per heavy atom. The van der Waals surface area contributed by atoms with Gasteiger partial charge in [-0.2, -0.15) is 0 Å². The van der Waals surface area contributed by atoms with Gasteiger partial charge in [-0.25, -0.2) is 4.39 Å². The highest BCUT2D eigenvalue weighted by Gasteiger charge is 2.20. The van der Waals surface area contributed by atoms with Crippen LogP contribution in [0.1, 0.15) is 19.3 Å². The number of benzene rings is 1. The average molecular weight is 268 g/mol. The Labute approximate surface area is 113 Å². The number of hydrogen-bond acceptors (Lipinski definition) is 4. The van der Waals surface area contributed by atoms with Crippen LogP contribution in [0.2, 0.25) is 0 Å². The molecule has 1 unspecified atom stereocenters. The maximum Gasteiger partial charge on any atom is 0.167 e. The van der Waals surface area contributed by atoms with Crippen molar-refractivity contribution in [3.63, 3.8) is 0 Å². The summed E-state index contributed by atoms with van der Waals surface area (Å²) in [6, 6.07) is 3.09. The summed E-state index contributed by atoms with van der Waals surface area (Å²) in [5, 5.41) is 0. The number of hydrogen-bond donors (Lipinski definition) is 1. The summed E-state index contributed by atoms with van der Waals surface area (Å²) in [5.74, 6) is 0.190. The second kappa shape index (κ2) is 6.10. The fraction of sp³-hybridized carbons (Fsp3) is 0.571. The maximum atomic E-state index is 13.7. The molecule has 5 heteroatoms. The van der Waals surface area contributed by atoms with Crippen molar-refractivity contribution in [1.29, 1.82) is 0 Å². The van der Waals surface area contributed by atoms with Crippen LogP contribution in [-0.2, 0) is 0 Å². The Kier molecular flexibility index (Phi) is 4.47. The highest BCUT2D eigenvalue weighted by Crippen LogP contribution is 2.30. The van der Waals surface area contributed by atoms with Gasteiger partial charge in [-0.05, 0) is 26.4 Å². The number of ether oxygens (including phenoxy) is 2. The fourth-order valence-corrected chi connectivity index (χ4v) is 2.38. The van der Waals surface area contributed by atoms with Crippen molar-refractivity contribution in [1.82, 2.24) is 4.90 Å². The van der Waals surface area contributed by atoms with E-state index in [1.54, 1.807) is 0 Å². The maximum absolute atomic E-state index is 13.7. The first-order chi connectivity index (χ1) is 9.11. The number of rotatable bonds is 4. The van der Waals surface area contributed by atoms with Gasteiger partial charge in [0.05, 0.1) is 12.8 Å². The van der Waals surface area contributed by atoms with E-state index in [0.717, 1.165) is 13.0 Å². The molecule has 1 fully saturated rings. The van der Waals surface area contributed by atoms with E-state index in [0.29, 0.717) is 18.4 Å². The normalized spacial score (nSPS) is 20.3. The van der Waals surface area contributed by atoms with Gasteiger partial charge < -0.3 is 20.1 Å². The van der Waals surface area contributed by atoms with E-state index in [2.05, 4.69) is 11.9 Å². The van der Waals surface area contributed by atoms with Crippen molar-refractivity contribution in [3.8, 4) is 11.5 Å². The topological polar surface area (TPSA) is 47.7 Å². The lowest BCUT2D eigenvalue weighted by Gasteiger charge is -2.32. The Hall–Kier alpha value is -1.49. The molecular weight excluding hydrogens is 247 g/mol. The Balaban J connectivity index is 2.02. The third kappa shape index (κ3) is 3.29. The third-order valence-electron chi connectivity index (χ3n) is 3.64. The van der Waals surface area contributed by atoms with Gasteiger partial charge in [-0.15, -0.1) is 0 Å². The second-order valence-corrected chi connectivity index (χ2v) is 4.97. The lowest BCUT2D eigenvalue weighted by molar-refractivity contribution is 0.122. The summed E-state index contributed by atoms with van der Waals surface area (Å²) in [6.45, 7) is 1.56. The number of likely N-dealkylation sites (tertiary alicyclic amines) is 1. The summed E-state index contributed by atoms with van der Waals surface area (Å²) in [6.07, 6.45) is 3.51. The molecule has 1 aromatic carbocycles. The van der Waals surface area contributed by atoms with E-state index in [4.69, 9.17) is 15.2 Å². The first-order valence-electron chi connectivity index (χ1n) is 6.58. The van der Waals surface area contributed by atoms with Crippen molar-refractivity contribution < 1.29 is 13.9 Å². The first-order valence-corrected chi connectivity index (χ1v) is 6.58. The third-order valence-corrected chi connectivity index (χ3v) is 3.64. The van der Waals surface area contributed by atoms with E-state index < -0.39 is 5.82 Å². The predicted molar refractivity (Wildman–Crippen MR) is 73.1 cm³/mol. The van der Waals surface area contributed by atoms with Crippen LogP contribution in [0.5, 0.6) is 11.5 Å². The quantitative estimate of drug-likeness (QED) is 0.851. The molecule has 4 nitrogen and oxygen atoms in total. The summed E-state index contributed by atoms with van der Waals surface area (Å²) >= 11 is 0. The van der Waals surface area contributed by atoms with Crippen LogP contribution >= 0.6 is 0 Å². The molecule has 1 aliphatic heterocycles. The van der Waals surface area contributed by atoms with E-state index in [1.165, 1.54) is 32.1 Å². The number of methoxy groups -OCH3 is 1. The van der Waals surface area contributed by atoms with Crippen LogP contribution in [0.25, 0.3) is 0 Å². The first kappa shape index (κ1) is 13.9. The highest BCUT2D eigenvalue weighted by molar-refractivity contribution is 5.56. The van der Waals surface area contributed by atoms with Crippen molar-refractivity contribution in [2.24, 2.45) is 0 Å². The SMILES string of the molecule is COc1cc(OCC2CCCCN2C)c(F)cc1N. The number of nitrogens with zero attached hydrogens (tertiary/aromatic N) is 1. The summed E-state index contributed by atoms with van der Waals surface area (Å²) < 4.78 is 24.4. The molecule has 2 rings (SSSR count). The largest absolute Gasteiger partial charge is 0.494 e. The van der Waals surface area contributed by atoms with Crippen molar-refractivity contribution in [3.05, 3.63) is 17.9 Å². The van der Waals surface area contributed by atoms with E-state index in [-0.39, 0.29) is 11.4 Å². The van der Waals surface area contributed by atoms with Gasteiger partial charge in [0.2, 0.25) is 0 Å². The Bertz CT molecular complexity index is 440. The molecule has 0 bridgehead atoms. The molecule has 0 aromatic heterocycles. The smallest absolute Gasteiger partial charge is 0.167 e. The number of likely N-dealkylation sites (N-methyl/N-ethyl adjacent to an activating group) is 1. The molecule has 0 saturated carbocycles. The fourth-order valence-electron chi connectivity index (χ4n) is 2.38. The zero-order valence-electron chi connectivity index (χ0n) is 11.5. The number of nitrogen functional groups attached to an aromatic ring is 1. The summed E-state index contributed by atoms with van der Waals surface area (Å²) in [4.78, 5) is 2.26. The molecule has 0 aliphatic carbocycles. The van der Waals surface area contributed by atoms with Gasteiger partial charge in [0.1, 0.15) is 12.4 Å². The molecule has 1 heterocycles.